The summed E-state index contributed by atoms with van der Waals surface area (Å²) in [6.07, 6.45) is 5.43. The van der Waals surface area contributed by atoms with Crippen LogP contribution in [0, 0.1) is 11.3 Å². The van der Waals surface area contributed by atoms with Crippen LogP contribution in [0.1, 0.15) is 42.9 Å². The number of hydrogen-bond acceptors (Lipinski definition) is 5. The second kappa shape index (κ2) is 8.90. The molecule has 1 amide bonds. The molecule has 2 aromatic carbocycles. The zero-order chi connectivity index (χ0) is 23.1. The minimum Gasteiger partial charge on any atom is -0.491 e. The van der Waals surface area contributed by atoms with Crippen molar-refractivity contribution in [3.05, 3.63) is 53.6 Å². The fraction of sp³-hybridized carbons (Fsp3) is 0.536. The molecule has 3 saturated heterocycles. The van der Waals surface area contributed by atoms with Gasteiger partial charge < -0.3 is 19.5 Å². The molecule has 1 spiro atoms. The summed E-state index contributed by atoms with van der Waals surface area (Å²) in [7, 11) is 1.68. The molecule has 3 aliphatic heterocycles. The second-order valence-electron chi connectivity index (χ2n) is 10.5. The van der Waals surface area contributed by atoms with Crippen LogP contribution < -0.4 is 10.1 Å². The summed E-state index contributed by atoms with van der Waals surface area (Å²) in [6, 6.07) is 14.9. The highest BCUT2D eigenvalue weighted by Gasteiger charge is 2.55. The minimum absolute atomic E-state index is 0.0410. The fourth-order valence-electron chi connectivity index (χ4n) is 6.23. The largest absolute Gasteiger partial charge is 0.491 e. The number of fused-ring (bicyclic) bond motifs is 4. The van der Waals surface area contributed by atoms with Crippen LogP contribution in [0.25, 0.3) is 11.1 Å². The van der Waals surface area contributed by atoms with Gasteiger partial charge in [0, 0.05) is 13.7 Å². The maximum atomic E-state index is 12.9. The summed E-state index contributed by atoms with van der Waals surface area (Å²) in [5, 5.41) is 3.28. The molecule has 2 bridgehead atoms. The van der Waals surface area contributed by atoms with E-state index in [1.54, 1.807) is 7.11 Å². The lowest BCUT2D eigenvalue weighted by Crippen LogP contribution is -2.52. The number of rotatable bonds is 7. The lowest BCUT2D eigenvalue weighted by atomic mass is 9.86. The predicted molar refractivity (Wildman–Crippen MR) is 130 cm³/mol. The number of methoxy groups -OCH3 is 1. The zero-order valence-electron chi connectivity index (χ0n) is 19.9. The highest BCUT2D eigenvalue weighted by atomic mass is 16.6. The van der Waals surface area contributed by atoms with E-state index >= 15 is 0 Å². The van der Waals surface area contributed by atoms with Crippen LogP contribution in [0.15, 0.2) is 42.5 Å². The van der Waals surface area contributed by atoms with Crippen molar-refractivity contribution in [3.8, 4) is 16.9 Å². The lowest BCUT2D eigenvalue weighted by Gasteiger charge is -2.44. The van der Waals surface area contributed by atoms with E-state index in [4.69, 9.17) is 14.2 Å². The number of carbonyl (C=O) groups is 1. The van der Waals surface area contributed by atoms with Gasteiger partial charge in [0.05, 0.1) is 12.6 Å². The molecule has 34 heavy (non-hydrogen) atoms. The molecule has 180 valence electrons. The number of carbonyl (C=O) groups excluding carboxylic acids is 1. The first kappa shape index (κ1) is 21.9. The summed E-state index contributed by atoms with van der Waals surface area (Å²) in [6.45, 7) is 4.30. The molecular formula is C28H34N2O4. The first-order valence-corrected chi connectivity index (χ1v) is 12.7. The molecule has 1 unspecified atom stereocenters. The smallest absolute Gasteiger partial charge is 0.407 e. The molecule has 1 saturated carbocycles. The maximum absolute atomic E-state index is 12.9. The highest BCUT2D eigenvalue weighted by Crippen LogP contribution is 2.62. The average molecular weight is 463 g/mol. The van der Waals surface area contributed by atoms with Crippen LogP contribution in [-0.2, 0) is 15.9 Å². The Labute approximate surface area is 201 Å². The van der Waals surface area contributed by atoms with Crippen molar-refractivity contribution in [2.24, 2.45) is 11.3 Å². The van der Waals surface area contributed by atoms with Gasteiger partial charge in [0.1, 0.15) is 18.5 Å². The summed E-state index contributed by atoms with van der Waals surface area (Å²) < 4.78 is 16.8. The predicted octanol–water partition coefficient (Wildman–Crippen LogP) is 4.58. The summed E-state index contributed by atoms with van der Waals surface area (Å²) in [4.78, 5) is 15.3. The summed E-state index contributed by atoms with van der Waals surface area (Å²) >= 11 is 0. The van der Waals surface area contributed by atoms with Crippen LogP contribution >= 0.6 is 0 Å². The van der Waals surface area contributed by atoms with Gasteiger partial charge in [0.2, 0.25) is 0 Å². The van der Waals surface area contributed by atoms with E-state index < -0.39 is 0 Å². The van der Waals surface area contributed by atoms with Gasteiger partial charge in [-0.05, 0) is 90.9 Å². The van der Waals surface area contributed by atoms with E-state index in [0.29, 0.717) is 19.1 Å². The number of amides is 1. The quantitative estimate of drug-likeness (QED) is 0.611. The van der Waals surface area contributed by atoms with Crippen molar-refractivity contribution < 1.29 is 19.0 Å². The van der Waals surface area contributed by atoms with Gasteiger partial charge in [0.15, 0.2) is 0 Å². The Morgan fingerprint density at radius 3 is 2.65 bits per heavy atom. The van der Waals surface area contributed by atoms with Crippen molar-refractivity contribution in [3.63, 3.8) is 0 Å². The molecule has 2 atom stereocenters. The van der Waals surface area contributed by atoms with Crippen molar-refractivity contribution in [2.45, 2.75) is 44.2 Å². The fourth-order valence-corrected chi connectivity index (χ4v) is 6.23. The molecule has 1 N–H and O–H groups in total. The normalized spacial score (nSPS) is 27.9. The Kier molecular flexibility index (Phi) is 5.74. The SMILES string of the molecule is COCCOc1cccc(-c2ccc3c(c2)CC2(CC2)C3NC(=O)O[C@H]2CN3CCC2CC3)c1. The standard InChI is InChI=1S/C28H34N2O4/c1-32-13-14-33-23-4-2-3-20(16-23)21-5-6-24-22(15-21)17-28(9-10-28)26(24)29-27(31)34-25-18-30-11-7-19(25)8-12-30/h2-6,15-16,19,25-26H,7-14,17-18H2,1H3,(H,29,31)/t25-,26?/m0/s1. The highest BCUT2D eigenvalue weighted by molar-refractivity contribution is 5.71. The van der Waals surface area contributed by atoms with E-state index in [1.165, 1.54) is 16.7 Å². The van der Waals surface area contributed by atoms with Crippen LogP contribution in [0.4, 0.5) is 4.79 Å². The Hall–Kier alpha value is -2.57. The number of ether oxygens (including phenoxy) is 3. The molecule has 4 fully saturated rings. The molecule has 7 rings (SSSR count). The topological polar surface area (TPSA) is 60.0 Å². The maximum Gasteiger partial charge on any atom is 0.407 e. The zero-order valence-corrected chi connectivity index (χ0v) is 19.9. The van der Waals surface area contributed by atoms with Crippen molar-refractivity contribution in [2.75, 3.05) is 40.0 Å². The second-order valence-corrected chi connectivity index (χ2v) is 10.5. The van der Waals surface area contributed by atoms with Crippen LogP contribution in [0.3, 0.4) is 0 Å². The van der Waals surface area contributed by atoms with E-state index in [0.717, 1.165) is 63.1 Å². The van der Waals surface area contributed by atoms with Crippen LogP contribution in [0.2, 0.25) is 0 Å². The molecule has 0 aromatic heterocycles. The van der Waals surface area contributed by atoms with Crippen molar-refractivity contribution >= 4 is 6.09 Å². The van der Waals surface area contributed by atoms with Gasteiger partial charge in [-0.15, -0.1) is 0 Å². The number of hydrogen-bond donors (Lipinski definition) is 1. The molecule has 6 heteroatoms. The number of benzene rings is 2. The van der Waals surface area contributed by atoms with Gasteiger partial charge >= 0.3 is 6.09 Å². The first-order valence-electron chi connectivity index (χ1n) is 12.7. The van der Waals surface area contributed by atoms with Gasteiger partial charge in [0.25, 0.3) is 0 Å². The Morgan fingerprint density at radius 1 is 1.09 bits per heavy atom. The molecule has 2 aromatic rings. The number of nitrogens with one attached hydrogen (secondary N) is 1. The lowest BCUT2D eigenvalue weighted by molar-refractivity contribution is -0.0344. The number of alkyl carbamates (subject to hydrolysis) is 1. The molecule has 5 aliphatic rings. The summed E-state index contributed by atoms with van der Waals surface area (Å²) in [5.74, 6) is 1.38. The Bertz CT molecular complexity index is 1060. The van der Waals surface area contributed by atoms with Crippen LogP contribution in [-0.4, -0.2) is 57.1 Å². The molecule has 2 aliphatic carbocycles. The third kappa shape index (κ3) is 4.18. The van der Waals surface area contributed by atoms with E-state index in [1.807, 2.05) is 12.1 Å². The molecule has 6 nitrogen and oxygen atoms in total. The number of piperidine rings is 3. The van der Waals surface area contributed by atoms with Crippen molar-refractivity contribution in [1.29, 1.82) is 0 Å². The van der Waals surface area contributed by atoms with E-state index in [2.05, 4.69) is 40.5 Å². The first-order chi connectivity index (χ1) is 16.6. The van der Waals surface area contributed by atoms with E-state index in [-0.39, 0.29) is 23.7 Å². The Balaban J connectivity index is 1.16. The van der Waals surface area contributed by atoms with Gasteiger partial charge in [-0.25, -0.2) is 4.79 Å². The van der Waals surface area contributed by atoms with Crippen LogP contribution in [0.5, 0.6) is 5.75 Å². The molecule has 3 heterocycles. The minimum atomic E-state index is -0.243. The van der Waals surface area contributed by atoms with Gasteiger partial charge in [-0.2, -0.15) is 0 Å². The molecular weight excluding hydrogens is 428 g/mol. The Morgan fingerprint density at radius 2 is 1.91 bits per heavy atom. The average Bonchev–Trinajstić information content (AvgIpc) is 3.57. The van der Waals surface area contributed by atoms with E-state index in [9.17, 15) is 4.79 Å². The monoisotopic (exact) mass is 462 g/mol. The van der Waals surface area contributed by atoms with Gasteiger partial charge in [-0.3, -0.25) is 4.90 Å². The van der Waals surface area contributed by atoms with Crippen molar-refractivity contribution in [1.82, 2.24) is 10.2 Å². The molecule has 0 radical (unpaired) electrons. The summed E-state index contributed by atoms with van der Waals surface area (Å²) in [5.41, 5.74) is 5.08. The number of nitrogens with zero attached hydrogens (tertiary/aromatic N) is 1. The third-order valence-corrected chi connectivity index (χ3v) is 8.34. The third-order valence-electron chi connectivity index (χ3n) is 8.34. The van der Waals surface area contributed by atoms with Gasteiger partial charge in [-0.1, -0.05) is 30.3 Å².